The monoisotopic (exact) mass is 411 g/mol. The molecule has 114 valence electrons. The Kier molecular flexibility index (Phi) is 6.20. The zero-order chi connectivity index (χ0) is 15.8. The van der Waals surface area contributed by atoms with Crippen molar-refractivity contribution < 1.29 is 19.1 Å². The van der Waals surface area contributed by atoms with Gasteiger partial charge < -0.3 is 14.8 Å². The van der Waals surface area contributed by atoms with Crippen LogP contribution in [0.5, 0.6) is 5.75 Å². The van der Waals surface area contributed by atoms with Gasteiger partial charge in [-0.25, -0.2) is 4.79 Å². The number of rotatable bonds is 6. The summed E-state index contributed by atoms with van der Waals surface area (Å²) in [6.45, 7) is -0.580. The van der Waals surface area contributed by atoms with E-state index in [4.69, 9.17) is 9.47 Å². The summed E-state index contributed by atoms with van der Waals surface area (Å²) in [6, 6.07) is 16.2. The van der Waals surface area contributed by atoms with Crippen molar-refractivity contribution in [3.8, 4) is 5.75 Å². The van der Waals surface area contributed by atoms with Gasteiger partial charge in [0.1, 0.15) is 5.75 Å². The third-order valence-corrected chi connectivity index (χ3v) is 3.31. The highest BCUT2D eigenvalue weighted by molar-refractivity contribution is 14.1. The summed E-state index contributed by atoms with van der Waals surface area (Å²) in [5.74, 6) is -0.418. The molecule has 0 saturated carbocycles. The second-order valence-electron chi connectivity index (χ2n) is 4.32. The van der Waals surface area contributed by atoms with E-state index in [1.165, 1.54) is 0 Å². The Morgan fingerprint density at radius 2 is 1.64 bits per heavy atom. The number of nitrogens with one attached hydrogen (secondary N) is 1. The average Bonchev–Trinajstić information content (AvgIpc) is 2.54. The molecule has 6 heteroatoms. The Morgan fingerprint density at radius 3 is 2.32 bits per heavy atom. The van der Waals surface area contributed by atoms with Gasteiger partial charge in [0.2, 0.25) is 0 Å². The van der Waals surface area contributed by atoms with Gasteiger partial charge in [0.15, 0.2) is 13.2 Å². The molecule has 0 radical (unpaired) electrons. The number of anilines is 1. The van der Waals surface area contributed by atoms with Gasteiger partial charge >= 0.3 is 5.97 Å². The van der Waals surface area contributed by atoms with E-state index in [1.807, 2.05) is 18.2 Å². The zero-order valence-electron chi connectivity index (χ0n) is 11.6. The highest BCUT2D eigenvalue weighted by Gasteiger charge is 2.08. The Labute approximate surface area is 141 Å². The second kappa shape index (κ2) is 8.38. The summed E-state index contributed by atoms with van der Waals surface area (Å²) in [5, 5.41) is 2.64. The summed E-state index contributed by atoms with van der Waals surface area (Å²) < 4.78 is 11.1. The molecule has 0 atom stereocenters. The summed E-state index contributed by atoms with van der Waals surface area (Å²) in [7, 11) is 0. The van der Waals surface area contributed by atoms with Crippen molar-refractivity contribution in [2.24, 2.45) is 0 Å². The summed E-state index contributed by atoms with van der Waals surface area (Å²) in [6.07, 6.45) is 0. The zero-order valence-corrected chi connectivity index (χ0v) is 13.8. The van der Waals surface area contributed by atoms with Crippen molar-refractivity contribution in [3.05, 3.63) is 58.2 Å². The topological polar surface area (TPSA) is 64.6 Å². The minimum Gasteiger partial charge on any atom is -0.482 e. The van der Waals surface area contributed by atoms with Crippen molar-refractivity contribution in [3.63, 3.8) is 0 Å². The minimum atomic E-state index is -0.596. The van der Waals surface area contributed by atoms with Gasteiger partial charge in [-0.1, -0.05) is 18.2 Å². The Bertz CT molecular complexity index is 628. The molecule has 0 bridgehead atoms. The van der Waals surface area contributed by atoms with Gasteiger partial charge in [0, 0.05) is 9.26 Å². The van der Waals surface area contributed by atoms with E-state index in [2.05, 4.69) is 27.9 Å². The first-order valence-electron chi connectivity index (χ1n) is 6.52. The number of para-hydroxylation sites is 1. The van der Waals surface area contributed by atoms with E-state index in [9.17, 15) is 9.59 Å². The van der Waals surface area contributed by atoms with Crippen LogP contribution < -0.4 is 10.1 Å². The van der Waals surface area contributed by atoms with Gasteiger partial charge in [0.25, 0.3) is 5.91 Å². The average molecular weight is 411 g/mol. The second-order valence-corrected chi connectivity index (χ2v) is 5.56. The van der Waals surface area contributed by atoms with E-state index in [0.29, 0.717) is 11.4 Å². The van der Waals surface area contributed by atoms with Crippen LogP contribution in [0.3, 0.4) is 0 Å². The number of halogens is 1. The highest BCUT2D eigenvalue weighted by atomic mass is 127. The molecule has 0 fully saturated rings. The summed E-state index contributed by atoms with van der Waals surface area (Å²) in [5.41, 5.74) is 0.655. The van der Waals surface area contributed by atoms with Crippen LogP contribution in [-0.4, -0.2) is 25.1 Å². The number of benzene rings is 2. The fourth-order valence-corrected chi connectivity index (χ4v) is 1.94. The van der Waals surface area contributed by atoms with Crippen LogP contribution in [0.1, 0.15) is 0 Å². The number of ether oxygens (including phenoxy) is 2. The lowest BCUT2D eigenvalue weighted by molar-refractivity contribution is -0.149. The van der Waals surface area contributed by atoms with Crippen LogP contribution in [0, 0.1) is 3.57 Å². The lowest BCUT2D eigenvalue weighted by Crippen LogP contribution is -2.23. The molecule has 2 rings (SSSR count). The lowest BCUT2D eigenvalue weighted by atomic mass is 10.3. The quantitative estimate of drug-likeness (QED) is 0.587. The van der Waals surface area contributed by atoms with Gasteiger partial charge in [-0.3, -0.25) is 4.79 Å². The van der Waals surface area contributed by atoms with E-state index >= 15 is 0 Å². The largest absolute Gasteiger partial charge is 0.482 e. The van der Waals surface area contributed by atoms with Gasteiger partial charge in [-0.15, -0.1) is 0 Å². The molecule has 0 unspecified atom stereocenters. The number of carbonyl (C=O) groups is 2. The van der Waals surface area contributed by atoms with Gasteiger partial charge in [-0.05, 0) is 59.0 Å². The fraction of sp³-hybridized carbons (Fsp3) is 0.125. The highest BCUT2D eigenvalue weighted by Crippen LogP contribution is 2.11. The number of carbonyl (C=O) groups excluding carboxylic acids is 2. The SMILES string of the molecule is O=C(COC(=O)COc1ccccc1)Nc1ccc(I)cc1. The molecule has 2 aromatic rings. The van der Waals surface area contributed by atoms with Crippen LogP contribution in [0.15, 0.2) is 54.6 Å². The maximum Gasteiger partial charge on any atom is 0.344 e. The first kappa shape index (κ1) is 16.3. The molecular formula is C16H14INO4. The van der Waals surface area contributed by atoms with Crippen molar-refractivity contribution in [2.45, 2.75) is 0 Å². The molecule has 0 aromatic heterocycles. The number of amides is 1. The number of esters is 1. The third kappa shape index (κ3) is 5.72. The van der Waals surface area contributed by atoms with Crippen LogP contribution in [-0.2, 0) is 14.3 Å². The maximum absolute atomic E-state index is 11.6. The third-order valence-electron chi connectivity index (χ3n) is 2.59. The predicted molar refractivity (Wildman–Crippen MR) is 90.7 cm³/mol. The van der Waals surface area contributed by atoms with E-state index in [-0.39, 0.29) is 13.2 Å². The molecule has 22 heavy (non-hydrogen) atoms. The molecule has 0 saturated heterocycles. The van der Waals surface area contributed by atoms with Crippen LogP contribution >= 0.6 is 22.6 Å². The number of hydrogen-bond donors (Lipinski definition) is 1. The molecule has 0 spiro atoms. The van der Waals surface area contributed by atoms with Gasteiger partial charge in [-0.2, -0.15) is 0 Å². The van der Waals surface area contributed by atoms with Crippen molar-refractivity contribution in [1.82, 2.24) is 0 Å². The van der Waals surface area contributed by atoms with Gasteiger partial charge in [0.05, 0.1) is 0 Å². The van der Waals surface area contributed by atoms with E-state index < -0.39 is 11.9 Å². The van der Waals surface area contributed by atoms with Crippen molar-refractivity contribution >= 4 is 40.2 Å². The summed E-state index contributed by atoms with van der Waals surface area (Å²) >= 11 is 2.17. The molecule has 1 amide bonds. The van der Waals surface area contributed by atoms with Crippen LogP contribution in [0.4, 0.5) is 5.69 Å². The molecular weight excluding hydrogens is 397 g/mol. The smallest absolute Gasteiger partial charge is 0.344 e. The Hall–Kier alpha value is -2.09. The van der Waals surface area contributed by atoms with E-state index in [0.717, 1.165) is 3.57 Å². The van der Waals surface area contributed by atoms with E-state index in [1.54, 1.807) is 36.4 Å². The molecule has 2 aromatic carbocycles. The molecule has 0 aliphatic heterocycles. The molecule has 0 aliphatic rings. The standard InChI is InChI=1S/C16H14INO4/c17-12-6-8-13(9-7-12)18-15(19)10-22-16(20)11-21-14-4-2-1-3-5-14/h1-9H,10-11H2,(H,18,19). The fourth-order valence-electron chi connectivity index (χ4n) is 1.58. The Balaban J connectivity index is 1.69. The van der Waals surface area contributed by atoms with Crippen molar-refractivity contribution in [2.75, 3.05) is 18.5 Å². The normalized spacial score (nSPS) is 9.86. The lowest BCUT2D eigenvalue weighted by Gasteiger charge is -2.08. The minimum absolute atomic E-state index is 0.235. The molecule has 0 heterocycles. The van der Waals surface area contributed by atoms with Crippen molar-refractivity contribution in [1.29, 1.82) is 0 Å². The van der Waals surface area contributed by atoms with Crippen LogP contribution in [0.25, 0.3) is 0 Å². The predicted octanol–water partition coefficient (Wildman–Crippen LogP) is 2.85. The molecule has 5 nitrogen and oxygen atoms in total. The maximum atomic E-state index is 11.6. The Morgan fingerprint density at radius 1 is 0.955 bits per heavy atom. The molecule has 1 N–H and O–H groups in total. The number of hydrogen-bond acceptors (Lipinski definition) is 4. The summed E-state index contributed by atoms with van der Waals surface area (Å²) in [4.78, 5) is 23.1. The first-order valence-corrected chi connectivity index (χ1v) is 7.60. The van der Waals surface area contributed by atoms with Crippen LogP contribution in [0.2, 0.25) is 0 Å². The molecule has 0 aliphatic carbocycles. The first-order chi connectivity index (χ1) is 10.6.